The van der Waals surface area contributed by atoms with Crippen molar-refractivity contribution in [3.8, 4) is 0 Å². The molecule has 3 heteroatoms. The van der Waals surface area contributed by atoms with Crippen LogP contribution >= 0.6 is 0 Å². The van der Waals surface area contributed by atoms with Crippen LogP contribution < -0.4 is 5.32 Å². The third kappa shape index (κ3) is 5.34. The maximum absolute atomic E-state index is 3.81. The Hall–Kier alpha value is -0.120. The summed E-state index contributed by atoms with van der Waals surface area (Å²) in [5.74, 6) is 0.927. The molecule has 1 aliphatic heterocycles. The van der Waals surface area contributed by atoms with E-state index >= 15 is 0 Å². The number of hydrogen-bond donors (Lipinski definition) is 1. The summed E-state index contributed by atoms with van der Waals surface area (Å²) in [5.41, 5.74) is 0. The van der Waals surface area contributed by atoms with Gasteiger partial charge in [-0.1, -0.05) is 19.8 Å². The minimum Gasteiger partial charge on any atom is -0.312 e. The fraction of sp³-hybridized carbons (Fsp3) is 1.00. The third-order valence-corrected chi connectivity index (χ3v) is 5.13. The molecule has 1 unspecified atom stereocenters. The van der Waals surface area contributed by atoms with Gasteiger partial charge in [0.2, 0.25) is 0 Å². The van der Waals surface area contributed by atoms with Gasteiger partial charge in [0.25, 0.3) is 0 Å². The molecule has 2 fully saturated rings. The van der Waals surface area contributed by atoms with Gasteiger partial charge in [0.1, 0.15) is 0 Å². The Morgan fingerprint density at radius 3 is 2.50 bits per heavy atom. The van der Waals surface area contributed by atoms with Crippen LogP contribution in [-0.4, -0.2) is 62.2 Å². The van der Waals surface area contributed by atoms with Crippen LogP contribution in [-0.2, 0) is 0 Å². The predicted molar refractivity (Wildman–Crippen MR) is 87.2 cm³/mol. The zero-order valence-electron chi connectivity index (χ0n) is 13.7. The molecule has 3 nitrogen and oxygen atoms in total. The summed E-state index contributed by atoms with van der Waals surface area (Å²) < 4.78 is 0. The maximum Gasteiger partial charge on any atom is 0.0223 e. The van der Waals surface area contributed by atoms with E-state index < -0.39 is 0 Å². The molecule has 1 heterocycles. The van der Waals surface area contributed by atoms with E-state index in [1.54, 1.807) is 0 Å². The fourth-order valence-electron chi connectivity index (χ4n) is 3.82. The molecule has 0 aromatic heterocycles. The van der Waals surface area contributed by atoms with Crippen LogP contribution in [0.3, 0.4) is 0 Å². The summed E-state index contributed by atoms with van der Waals surface area (Å²) >= 11 is 0. The van der Waals surface area contributed by atoms with Crippen LogP contribution in [0.2, 0.25) is 0 Å². The zero-order chi connectivity index (χ0) is 14.2. The average molecular weight is 281 g/mol. The summed E-state index contributed by atoms with van der Waals surface area (Å²) in [6.07, 6.45) is 9.86. The lowest BCUT2D eigenvalue weighted by molar-refractivity contribution is 0.213. The van der Waals surface area contributed by atoms with E-state index in [1.807, 2.05) is 0 Å². The number of rotatable bonds is 9. The molecule has 2 aliphatic rings. The van der Waals surface area contributed by atoms with Gasteiger partial charge in [0.05, 0.1) is 0 Å². The van der Waals surface area contributed by atoms with E-state index in [0.717, 1.165) is 12.0 Å². The molecule has 1 atom stereocenters. The van der Waals surface area contributed by atoms with Gasteiger partial charge >= 0.3 is 0 Å². The van der Waals surface area contributed by atoms with Crippen LogP contribution in [0.15, 0.2) is 0 Å². The molecule has 0 spiro atoms. The fourth-order valence-corrected chi connectivity index (χ4v) is 3.82. The molecule has 1 N–H and O–H groups in total. The van der Waals surface area contributed by atoms with Crippen molar-refractivity contribution in [3.05, 3.63) is 0 Å². The third-order valence-electron chi connectivity index (χ3n) is 5.13. The smallest absolute Gasteiger partial charge is 0.0223 e. The molecule has 0 radical (unpaired) electrons. The lowest BCUT2D eigenvalue weighted by Crippen LogP contribution is -2.45. The van der Waals surface area contributed by atoms with Crippen LogP contribution in [0.25, 0.3) is 0 Å². The second-order valence-electron chi connectivity index (χ2n) is 6.92. The van der Waals surface area contributed by atoms with Crippen LogP contribution in [0.5, 0.6) is 0 Å². The number of hydrogen-bond acceptors (Lipinski definition) is 3. The van der Waals surface area contributed by atoms with Crippen molar-refractivity contribution in [1.82, 2.24) is 15.1 Å². The van der Waals surface area contributed by atoms with Crippen molar-refractivity contribution in [1.29, 1.82) is 0 Å². The van der Waals surface area contributed by atoms with Crippen molar-refractivity contribution in [3.63, 3.8) is 0 Å². The van der Waals surface area contributed by atoms with Gasteiger partial charge < -0.3 is 15.1 Å². The first-order valence-electron chi connectivity index (χ1n) is 8.94. The molecule has 0 aromatic carbocycles. The molecule has 20 heavy (non-hydrogen) atoms. The Bertz CT molecular complexity index is 245. The zero-order valence-corrected chi connectivity index (χ0v) is 13.7. The lowest BCUT2D eigenvalue weighted by Gasteiger charge is -2.30. The minimum atomic E-state index is 0.723. The number of nitrogens with zero attached hydrogens (tertiary/aromatic N) is 2. The Kier molecular flexibility index (Phi) is 7.32. The highest BCUT2D eigenvalue weighted by Crippen LogP contribution is 2.28. The van der Waals surface area contributed by atoms with E-state index in [9.17, 15) is 0 Å². The van der Waals surface area contributed by atoms with Crippen molar-refractivity contribution in [2.24, 2.45) is 5.92 Å². The molecule has 0 bridgehead atoms. The monoisotopic (exact) mass is 281 g/mol. The Morgan fingerprint density at radius 2 is 1.85 bits per heavy atom. The molecule has 1 saturated heterocycles. The van der Waals surface area contributed by atoms with Crippen LogP contribution in [0.4, 0.5) is 0 Å². The second-order valence-corrected chi connectivity index (χ2v) is 6.92. The van der Waals surface area contributed by atoms with Gasteiger partial charge in [0, 0.05) is 25.7 Å². The topological polar surface area (TPSA) is 18.5 Å². The standard InChI is InChI=1S/C17H35N3/c1-3-10-18-17(16-8-4-5-9-16)15-19(2)13-14-20-11-6-7-12-20/h16-18H,3-15H2,1-2H3. The van der Waals surface area contributed by atoms with E-state index in [0.29, 0.717) is 0 Å². The average Bonchev–Trinajstić information content (AvgIpc) is 3.13. The van der Waals surface area contributed by atoms with Crippen molar-refractivity contribution >= 4 is 0 Å². The van der Waals surface area contributed by atoms with Gasteiger partial charge in [-0.05, 0) is 64.7 Å². The number of likely N-dealkylation sites (N-methyl/N-ethyl adjacent to an activating group) is 1. The van der Waals surface area contributed by atoms with Crippen molar-refractivity contribution < 1.29 is 0 Å². The number of nitrogens with one attached hydrogen (secondary N) is 1. The van der Waals surface area contributed by atoms with Gasteiger partial charge in [0.15, 0.2) is 0 Å². The summed E-state index contributed by atoms with van der Waals surface area (Å²) in [6, 6.07) is 0.723. The first kappa shape index (κ1) is 16.3. The molecule has 2 rings (SSSR count). The van der Waals surface area contributed by atoms with Crippen molar-refractivity contribution in [2.45, 2.75) is 57.9 Å². The van der Waals surface area contributed by atoms with E-state index in [2.05, 4.69) is 29.1 Å². The Labute approximate surface area is 126 Å². The largest absolute Gasteiger partial charge is 0.312 e. The molecular weight excluding hydrogens is 246 g/mol. The molecule has 118 valence electrons. The first-order valence-corrected chi connectivity index (χ1v) is 8.94. The van der Waals surface area contributed by atoms with E-state index in [4.69, 9.17) is 0 Å². The molecule has 0 aromatic rings. The summed E-state index contributed by atoms with van der Waals surface area (Å²) in [4.78, 5) is 5.19. The summed E-state index contributed by atoms with van der Waals surface area (Å²) in [7, 11) is 2.31. The van der Waals surface area contributed by atoms with Crippen LogP contribution in [0.1, 0.15) is 51.9 Å². The minimum absolute atomic E-state index is 0.723. The molecule has 1 aliphatic carbocycles. The maximum atomic E-state index is 3.81. The highest BCUT2D eigenvalue weighted by Gasteiger charge is 2.25. The first-order chi connectivity index (χ1) is 9.79. The summed E-state index contributed by atoms with van der Waals surface area (Å²) in [5, 5.41) is 3.81. The molecule has 0 amide bonds. The SMILES string of the molecule is CCCNC(CN(C)CCN1CCCC1)C1CCCC1. The van der Waals surface area contributed by atoms with E-state index in [1.165, 1.54) is 84.2 Å². The van der Waals surface area contributed by atoms with E-state index in [-0.39, 0.29) is 0 Å². The lowest BCUT2D eigenvalue weighted by atomic mass is 9.97. The molecule has 1 saturated carbocycles. The number of likely N-dealkylation sites (tertiary alicyclic amines) is 1. The van der Waals surface area contributed by atoms with Gasteiger partial charge in [-0.25, -0.2) is 0 Å². The highest BCUT2D eigenvalue weighted by molar-refractivity contribution is 4.83. The highest BCUT2D eigenvalue weighted by atomic mass is 15.2. The van der Waals surface area contributed by atoms with Gasteiger partial charge in [-0.2, -0.15) is 0 Å². The van der Waals surface area contributed by atoms with Crippen LogP contribution in [0, 0.1) is 5.92 Å². The second kappa shape index (κ2) is 9.01. The Morgan fingerprint density at radius 1 is 1.15 bits per heavy atom. The van der Waals surface area contributed by atoms with Crippen molar-refractivity contribution in [2.75, 3.05) is 46.3 Å². The quantitative estimate of drug-likeness (QED) is 0.701. The van der Waals surface area contributed by atoms with Gasteiger partial charge in [-0.3, -0.25) is 0 Å². The molecular formula is C17H35N3. The van der Waals surface area contributed by atoms with Gasteiger partial charge in [-0.15, -0.1) is 0 Å². The Balaban J connectivity index is 1.70. The predicted octanol–water partition coefficient (Wildman–Crippen LogP) is 2.57. The summed E-state index contributed by atoms with van der Waals surface area (Å²) in [6.45, 7) is 9.84. The normalized spacial score (nSPS) is 22.9.